The van der Waals surface area contributed by atoms with Crippen LogP contribution in [0.2, 0.25) is 0 Å². The Kier molecular flexibility index (Phi) is 6.50. The Morgan fingerprint density at radius 2 is 1.75 bits per heavy atom. The van der Waals surface area contributed by atoms with E-state index in [-0.39, 0.29) is 11.6 Å². The molecule has 0 bridgehead atoms. The van der Waals surface area contributed by atoms with Gasteiger partial charge in [-0.25, -0.2) is 0 Å². The molecule has 0 aliphatic heterocycles. The number of rotatable bonds is 8. The molecule has 3 nitrogen and oxygen atoms in total. The molecule has 0 radical (unpaired) electrons. The van der Waals surface area contributed by atoms with E-state index < -0.39 is 0 Å². The minimum absolute atomic E-state index is 0.0853. The van der Waals surface area contributed by atoms with Crippen molar-refractivity contribution in [1.29, 1.82) is 0 Å². The molecule has 20 heavy (non-hydrogen) atoms. The number of benzene rings is 1. The molecule has 0 saturated carbocycles. The van der Waals surface area contributed by atoms with Gasteiger partial charge >= 0.3 is 0 Å². The van der Waals surface area contributed by atoms with E-state index >= 15 is 0 Å². The van der Waals surface area contributed by atoms with Gasteiger partial charge in [-0.3, -0.25) is 0 Å². The smallest absolute Gasteiger partial charge is 0.124 e. The molecule has 0 aromatic heterocycles. The second-order valence-corrected chi connectivity index (χ2v) is 5.40. The van der Waals surface area contributed by atoms with Crippen LogP contribution in [0.25, 0.3) is 0 Å². The van der Waals surface area contributed by atoms with Crippen molar-refractivity contribution in [3.8, 4) is 5.75 Å². The Bertz CT molecular complexity index is 400. The van der Waals surface area contributed by atoms with Gasteiger partial charge in [-0.1, -0.05) is 32.0 Å². The van der Waals surface area contributed by atoms with Gasteiger partial charge in [0, 0.05) is 11.1 Å². The van der Waals surface area contributed by atoms with Crippen molar-refractivity contribution in [3.63, 3.8) is 0 Å². The molecule has 0 fully saturated rings. The molecule has 1 rings (SSSR count). The average molecular weight is 278 g/mol. The molecule has 0 aliphatic rings. The predicted octanol–water partition coefficient (Wildman–Crippen LogP) is 3.47. The van der Waals surface area contributed by atoms with Crippen LogP contribution in [0.4, 0.5) is 0 Å². The molecule has 0 spiro atoms. The van der Waals surface area contributed by atoms with Crippen molar-refractivity contribution in [3.05, 3.63) is 29.8 Å². The molecular formula is C17H30N2O. The number of nitrogens with one attached hydrogen (secondary N) is 1. The zero-order valence-corrected chi connectivity index (χ0v) is 13.9. The largest absolute Gasteiger partial charge is 0.494 e. The molecule has 0 amide bonds. The van der Waals surface area contributed by atoms with Gasteiger partial charge in [0.2, 0.25) is 0 Å². The van der Waals surface area contributed by atoms with Gasteiger partial charge in [0.05, 0.1) is 12.6 Å². The third-order valence-electron chi connectivity index (χ3n) is 4.47. The van der Waals surface area contributed by atoms with E-state index in [4.69, 9.17) is 4.74 Å². The first kappa shape index (κ1) is 17.0. The number of hydrogen-bond donors (Lipinski definition) is 1. The molecule has 1 N–H and O–H groups in total. The van der Waals surface area contributed by atoms with Crippen LogP contribution in [0.3, 0.4) is 0 Å². The molecule has 0 heterocycles. The summed E-state index contributed by atoms with van der Waals surface area (Å²) < 4.78 is 5.83. The van der Waals surface area contributed by atoms with Crippen molar-refractivity contribution < 1.29 is 4.74 Å². The van der Waals surface area contributed by atoms with Gasteiger partial charge in [0.15, 0.2) is 0 Å². The maximum absolute atomic E-state index is 5.83. The molecule has 3 heteroatoms. The summed E-state index contributed by atoms with van der Waals surface area (Å²) >= 11 is 0. The maximum Gasteiger partial charge on any atom is 0.124 e. The summed E-state index contributed by atoms with van der Waals surface area (Å²) in [6, 6.07) is 8.62. The predicted molar refractivity (Wildman–Crippen MR) is 86.4 cm³/mol. The number of para-hydroxylation sites is 1. The Hall–Kier alpha value is -1.06. The first-order valence-corrected chi connectivity index (χ1v) is 7.63. The first-order valence-electron chi connectivity index (χ1n) is 7.63. The van der Waals surface area contributed by atoms with Crippen LogP contribution in [-0.2, 0) is 0 Å². The van der Waals surface area contributed by atoms with Crippen LogP contribution in [0.5, 0.6) is 5.75 Å². The summed E-state index contributed by atoms with van der Waals surface area (Å²) in [5.41, 5.74) is 1.33. The summed E-state index contributed by atoms with van der Waals surface area (Å²) in [6.45, 7) is 7.25. The Labute approximate surface area is 124 Å². The van der Waals surface area contributed by atoms with Gasteiger partial charge in [-0.2, -0.15) is 0 Å². The van der Waals surface area contributed by atoms with Crippen LogP contribution in [0.1, 0.15) is 45.2 Å². The van der Waals surface area contributed by atoms with E-state index in [1.165, 1.54) is 5.56 Å². The third kappa shape index (κ3) is 3.15. The van der Waals surface area contributed by atoms with E-state index in [1.807, 2.05) is 20.0 Å². The number of hydrogen-bond acceptors (Lipinski definition) is 3. The monoisotopic (exact) mass is 278 g/mol. The zero-order chi connectivity index (χ0) is 15.2. The Morgan fingerprint density at radius 1 is 1.15 bits per heavy atom. The van der Waals surface area contributed by atoms with Crippen LogP contribution in [-0.4, -0.2) is 38.2 Å². The minimum Gasteiger partial charge on any atom is -0.494 e. The molecule has 0 aliphatic carbocycles. The third-order valence-corrected chi connectivity index (χ3v) is 4.47. The highest BCUT2D eigenvalue weighted by molar-refractivity contribution is 5.38. The highest BCUT2D eigenvalue weighted by atomic mass is 16.5. The number of nitrogens with zero attached hydrogens (tertiary/aromatic N) is 1. The lowest BCUT2D eigenvalue weighted by Crippen LogP contribution is -2.52. The van der Waals surface area contributed by atoms with Gasteiger partial charge in [0.1, 0.15) is 5.75 Å². The molecule has 1 atom stereocenters. The van der Waals surface area contributed by atoms with Crippen LogP contribution in [0.15, 0.2) is 24.3 Å². The second kappa shape index (κ2) is 7.65. The summed E-state index contributed by atoms with van der Waals surface area (Å²) in [7, 11) is 6.37. The fraction of sp³-hybridized carbons (Fsp3) is 0.647. The molecule has 1 unspecified atom stereocenters. The van der Waals surface area contributed by atoms with E-state index in [1.54, 1.807) is 0 Å². The Morgan fingerprint density at radius 3 is 2.20 bits per heavy atom. The van der Waals surface area contributed by atoms with Crippen molar-refractivity contribution in [2.45, 2.75) is 45.2 Å². The summed E-state index contributed by atoms with van der Waals surface area (Å²) in [5.74, 6) is 0.988. The number of ether oxygens (including phenoxy) is 1. The second-order valence-electron chi connectivity index (χ2n) is 5.40. The Balaban J connectivity index is 3.30. The van der Waals surface area contributed by atoms with Crippen molar-refractivity contribution in [2.75, 3.05) is 27.7 Å². The van der Waals surface area contributed by atoms with Gasteiger partial charge in [0.25, 0.3) is 0 Å². The first-order chi connectivity index (χ1) is 9.57. The lowest BCUT2D eigenvalue weighted by Gasteiger charge is -2.45. The number of likely N-dealkylation sites (N-methyl/N-ethyl adjacent to an activating group) is 2. The van der Waals surface area contributed by atoms with Crippen molar-refractivity contribution in [1.82, 2.24) is 10.2 Å². The fourth-order valence-corrected chi connectivity index (χ4v) is 3.27. The van der Waals surface area contributed by atoms with Crippen molar-refractivity contribution >= 4 is 0 Å². The molecule has 114 valence electrons. The van der Waals surface area contributed by atoms with E-state index in [2.05, 4.69) is 56.4 Å². The van der Waals surface area contributed by atoms with Gasteiger partial charge in [-0.05, 0) is 47.0 Å². The molecule has 1 aromatic carbocycles. The normalized spacial score (nSPS) is 13.6. The topological polar surface area (TPSA) is 24.5 Å². The standard InChI is InChI=1S/C17H30N2O/c1-7-17(8-2,19(5)6)16(18-4)14-12-10-11-13-15(14)20-9-3/h10-13,16,18H,7-9H2,1-6H3. The van der Waals surface area contributed by atoms with Crippen LogP contribution >= 0.6 is 0 Å². The van der Waals surface area contributed by atoms with Gasteiger partial charge < -0.3 is 15.0 Å². The molecule has 0 saturated heterocycles. The molecule has 1 aromatic rings. The SMILES string of the molecule is CCOc1ccccc1C(NC)C(CC)(CC)N(C)C. The maximum atomic E-state index is 5.83. The van der Waals surface area contributed by atoms with Crippen LogP contribution < -0.4 is 10.1 Å². The summed E-state index contributed by atoms with van der Waals surface area (Å²) in [5, 5.41) is 3.52. The zero-order valence-electron chi connectivity index (χ0n) is 13.9. The summed E-state index contributed by atoms with van der Waals surface area (Å²) in [6.07, 6.45) is 2.17. The molecular weight excluding hydrogens is 248 g/mol. The minimum atomic E-state index is 0.0853. The summed E-state index contributed by atoms with van der Waals surface area (Å²) in [4.78, 5) is 2.34. The van der Waals surface area contributed by atoms with Crippen molar-refractivity contribution in [2.24, 2.45) is 0 Å². The van der Waals surface area contributed by atoms with E-state index in [0.29, 0.717) is 6.61 Å². The average Bonchev–Trinajstić information content (AvgIpc) is 2.46. The quantitative estimate of drug-likeness (QED) is 0.788. The van der Waals surface area contributed by atoms with Crippen LogP contribution in [0, 0.1) is 0 Å². The lowest BCUT2D eigenvalue weighted by molar-refractivity contribution is 0.0902. The van der Waals surface area contributed by atoms with Gasteiger partial charge in [-0.15, -0.1) is 0 Å². The highest BCUT2D eigenvalue weighted by Gasteiger charge is 2.39. The fourth-order valence-electron chi connectivity index (χ4n) is 3.27. The lowest BCUT2D eigenvalue weighted by atomic mass is 9.79. The van der Waals surface area contributed by atoms with E-state index in [9.17, 15) is 0 Å². The van der Waals surface area contributed by atoms with E-state index in [0.717, 1.165) is 18.6 Å². The highest BCUT2D eigenvalue weighted by Crippen LogP contribution is 2.39.